The molecule has 0 aliphatic heterocycles. The fourth-order valence-electron chi connectivity index (χ4n) is 2.58. The van der Waals surface area contributed by atoms with Gasteiger partial charge in [-0.1, -0.05) is 58.1 Å². The van der Waals surface area contributed by atoms with Gasteiger partial charge < -0.3 is 19.3 Å². The summed E-state index contributed by atoms with van der Waals surface area (Å²) in [5, 5.41) is 0. The van der Waals surface area contributed by atoms with E-state index in [0.29, 0.717) is 12.8 Å². The first-order chi connectivity index (χ1) is 14.3. The fourth-order valence-corrected chi connectivity index (χ4v) is 2.95. The molecule has 8 nitrogen and oxygen atoms in total. The minimum Gasteiger partial charge on any atom is -0.462 e. The third-order valence-electron chi connectivity index (χ3n) is 4.27. The second-order valence-electron chi connectivity index (χ2n) is 7.25. The van der Waals surface area contributed by atoms with E-state index in [1.807, 2.05) is 6.92 Å². The first-order valence-electron chi connectivity index (χ1n) is 11.0. The van der Waals surface area contributed by atoms with E-state index in [1.54, 1.807) is 0 Å². The average Bonchev–Trinajstić information content (AvgIpc) is 2.69. The van der Waals surface area contributed by atoms with Crippen LogP contribution >= 0.6 is 7.82 Å². The van der Waals surface area contributed by atoms with Crippen molar-refractivity contribution in [2.24, 2.45) is 0 Å². The number of carbonyl (C=O) groups is 2. The van der Waals surface area contributed by atoms with Gasteiger partial charge in [0.25, 0.3) is 0 Å². The maximum Gasteiger partial charge on any atom is 0.469 e. The van der Waals surface area contributed by atoms with Gasteiger partial charge in [-0.3, -0.25) is 14.1 Å². The van der Waals surface area contributed by atoms with Gasteiger partial charge in [0.15, 0.2) is 6.10 Å². The summed E-state index contributed by atoms with van der Waals surface area (Å²) in [7, 11) is -4.71. The highest BCUT2D eigenvalue weighted by Gasteiger charge is 2.22. The van der Waals surface area contributed by atoms with Gasteiger partial charge in [-0.25, -0.2) is 4.57 Å². The Bertz CT molecular complexity index is 529. The van der Waals surface area contributed by atoms with Crippen molar-refractivity contribution in [3.63, 3.8) is 0 Å². The molecule has 0 saturated carbocycles. The Hall–Kier alpha value is -1.21. The Kier molecular flexibility index (Phi) is 17.8. The zero-order chi connectivity index (χ0) is 22.7. The highest BCUT2D eigenvalue weighted by molar-refractivity contribution is 7.46. The van der Waals surface area contributed by atoms with Gasteiger partial charge in [0.1, 0.15) is 6.61 Å². The van der Waals surface area contributed by atoms with E-state index in [-0.39, 0.29) is 19.4 Å². The van der Waals surface area contributed by atoms with Crippen LogP contribution in [-0.4, -0.2) is 41.0 Å². The van der Waals surface area contributed by atoms with Crippen LogP contribution in [0.2, 0.25) is 0 Å². The predicted octanol–water partition coefficient (Wildman–Crippen LogP) is 4.83. The molecular weight excluding hydrogens is 411 g/mol. The van der Waals surface area contributed by atoms with Crippen molar-refractivity contribution < 1.29 is 37.9 Å². The second-order valence-corrected chi connectivity index (χ2v) is 8.49. The minimum atomic E-state index is -4.71. The number of carbonyl (C=O) groups excluding carboxylic acids is 2. The van der Waals surface area contributed by atoms with Crippen molar-refractivity contribution in [1.29, 1.82) is 0 Å². The highest BCUT2D eigenvalue weighted by atomic mass is 31.2. The normalized spacial score (nSPS) is 12.8. The number of unbranched alkanes of at least 4 members (excludes halogenated alkanes) is 7. The zero-order valence-corrected chi connectivity index (χ0v) is 19.3. The minimum absolute atomic E-state index is 0.201. The van der Waals surface area contributed by atoms with Crippen LogP contribution in [0.5, 0.6) is 0 Å². The van der Waals surface area contributed by atoms with Crippen LogP contribution in [-0.2, 0) is 28.2 Å². The van der Waals surface area contributed by atoms with E-state index in [2.05, 4.69) is 23.6 Å². The summed E-state index contributed by atoms with van der Waals surface area (Å²) in [6.07, 6.45) is 13.6. The van der Waals surface area contributed by atoms with Gasteiger partial charge in [0, 0.05) is 12.8 Å². The van der Waals surface area contributed by atoms with Crippen LogP contribution in [0.3, 0.4) is 0 Å². The molecule has 0 bridgehead atoms. The van der Waals surface area contributed by atoms with Crippen molar-refractivity contribution in [1.82, 2.24) is 0 Å². The number of allylic oxidation sites excluding steroid dienone is 2. The van der Waals surface area contributed by atoms with Gasteiger partial charge >= 0.3 is 19.8 Å². The van der Waals surface area contributed by atoms with Gasteiger partial charge in [0.05, 0.1) is 6.61 Å². The molecule has 0 aromatic carbocycles. The van der Waals surface area contributed by atoms with Crippen LogP contribution in [0.1, 0.15) is 90.9 Å². The Morgan fingerprint density at radius 1 is 0.833 bits per heavy atom. The standard InChI is InChI=1S/C21H39O8P/c1-3-5-7-8-9-10-11-12-13-14-16-21(23)29-19(18-28-30(24,25)26)17-27-20(22)15-6-4-2/h7-8,19H,3-6,9-18H2,1-2H3,(H2,24,25,26)/b8-7-/t19-/m1/s1. The third kappa shape index (κ3) is 20.1. The molecule has 0 aliphatic rings. The molecule has 0 aromatic heterocycles. The van der Waals surface area contributed by atoms with Crippen LogP contribution in [0, 0.1) is 0 Å². The number of phosphoric acid groups is 1. The molecule has 0 fully saturated rings. The molecule has 0 rings (SSSR count). The number of ether oxygens (including phenoxy) is 2. The lowest BCUT2D eigenvalue weighted by molar-refractivity contribution is -0.161. The smallest absolute Gasteiger partial charge is 0.462 e. The Morgan fingerprint density at radius 3 is 2.13 bits per heavy atom. The molecule has 9 heteroatoms. The van der Waals surface area contributed by atoms with E-state index < -0.39 is 32.5 Å². The third-order valence-corrected chi connectivity index (χ3v) is 4.75. The van der Waals surface area contributed by atoms with Crippen molar-refractivity contribution in [3.05, 3.63) is 12.2 Å². The molecule has 0 aliphatic carbocycles. The molecule has 0 spiro atoms. The molecule has 0 amide bonds. The maximum atomic E-state index is 12.0. The fraction of sp³-hybridized carbons (Fsp3) is 0.810. The lowest BCUT2D eigenvalue weighted by Crippen LogP contribution is -2.29. The zero-order valence-electron chi connectivity index (χ0n) is 18.4. The first-order valence-corrected chi connectivity index (χ1v) is 12.5. The van der Waals surface area contributed by atoms with Gasteiger partial charge in [-0.05, 0) is 32.1 Å². The van der Waals surface area contributed by atoms with Crippen molar-refractivity contribution >= 4 is 19.8 Å². The summed E-state index contributed by atoms with van der Waals surface area (Å²) in [6.45, 7) is 3.27. The number of rotatable bonds is 19. The average molecular weight is 451 g/mol. The molecule has 30 heavy (non-hydrogen) atoms. The van der Waals surface area contributed by atoms with Crippen LogP contribution in [0.4, 0.5) is 0 Å². The van der Waals surface area contributed by atoms with E-state index in [4.69, 9.17) is 19.3 Å². The Labute approximate surface area is 180 Å². The van der Waals surface area contributed by atoms with Gasteiger partial charge in [-0.15, -0.1) is 0 Å². The number of esters is 2. The lowest BCUT2D eigenvalue weighted by atomic mass is 10.1. The summed E-state index contributed by atoms with van der Waals surface area (Å²) in [5.41, 5.74) is 0. The quantitative estimate of drug-likeness (QED) is 0.124. The number of phosphoric ester groups is 1. The summed E-state index contributed by atoms with van der Waals surface area (Å²) >= 11 is 0. The Balaban J connectivity index is 4.11. The highest BCUT2D eigenvalue weighted by Crippen LogP contribution is 2.35. The largest absolute Gasteiger partial charge is 0.469 e. The number of hydrogen-bond acceptors (Lipinski definition) is 6. The Morgan fingerprint density at radius 2 is 1.47 bits per heavy atom. The monoisotopic (exact) mass is 450 g/mol. The molecule has 0 saturated heterocycles. The summed E-state index contributed by atoms with van der Waals surface area (Å²) in [6, 6.07) is 0. The van der Waals surface area contributed by atoms with Crippen molar-refractivity contribution in [2.45, 2.75) is 97.0 Å². The molecule has 1 atom stereocenters. The van der Waals surface area contributed by atoms with Crippen LogP contribution < -0.4 is 0 Å². The van der Waals surface area contributed by atoms with Gasteiger partial charge in [-0.2, -0.15) is 0 Å². The van der Waals surface area contributed by atoms with E-state index in [9.17, 15) is 14.2 Å². The molecular formula is C21H39O8P. The molecule has 2 N–H and O–H groups in total. The lowest BCUT2D eigenvalue weighted by Gasteiger charge is -2.18. The predicted molar refractivity (Wildman–Crippen MR) is 115 cm³/mol. The maximum absolute atomic E-state index is 12.0. The van der Waals surface area contributed by atoms with Crippen LogP contribution in [0.15, 0.2) is 12.2 Å². The van der Waals surface area contributed by atoms with E-state index in [0.717, 1.165) is 44.9 Å². The molecule has 0 aromatic rings. The summed E-state index contributed by atoms with van der Waals surface area (Å²) in [4.78, 5) is 41.3. The first kappa shape index (κ1) is 28.8. The number of hydrogen-bond donors (Lipinski definition) is 2. The van der Waals surface area contributed by atoms with E-state index >= 15 is 0 Å². The van der Waals surface area contributed by atoms with E-state index in [1.165, 1.54) is 6.42 Å². The second kappa shape index (κ2) is 18.6. The molecule has 176 valence electrons. The van der Waals surface area contributed by atoms with Crippen molar-refractivity contribution in [2.75, 3.05) is 13.2 Å². The SMILES string of the molecule is CCC/C=C\CCCCCCCC(=O)O[C@H](COC(=O)CCCC)COP(=O)(O)O. The molecule has 0 heterocycles. The molecule has 0 radical (unpaired) electrons. The van der Waals surface area contributed by atoms with Crippen LogP contribution in [0.25, 0.3) is 0 Å². The van der Waals surface area contributed by atoms with Crippen molar-refractivity contribution in [3.8, 4) is 0 Å². The summed E-state index contributed by atoms with van der Waals surface area (Å²) in [5.74, 6) is -0.944. The molecule has 0 unspecified atom stereocenters. The van der Waals surface area contributed by atoms with Gasteiger partial charge in [0.2, 0.25) is 0 Å². The summed E-state index contributed by atoms with van der Waals surface area (Å²) < 4.78 is 25.5. The topological polar surface area (TPSA) is 119 Å².